The summed E-state index contributed by atoms with van der Waals surface area (Å²) in [4.78, 5) is 20.7. The number of alkyl halides is 3. The molecule has 0 spiro atoms. The monoisotopic (exact) mass is 521 g/mol. The van der Waals surface area contributed by atoms with E-state index in [0.29, 0.717) is 21.0 Å². The first-order valence-corrected chi connectivity index (χ1v) is 11.1. The Kier molecular flexibility index (Phi) is 6.36. The fourth-order valence-corrected chi connectivity index (χ4v) is 3.60. The van der Waals surface area contributed by atoms with Gasteiger partial charge >= 0.3 is 6.18 Å². The van der Waals surface area contributed by atoms with E-state index in [1.807, 2.05) is 6.07 Å². The van der Waals surface area contributed by atoms with E-state index >= 15 is 0 Å². The normalized spacial score (nSPS) is 11.4. The summed E-state index contributed by atoms with van der Waals surface area (Å²) >= 11 is 5.83. The second-order valence-electron chi connectivity index (χ2n) is 7.75. The molecule has 0 fully saturated rings. The molecule has 4 aromatic heterocycles. The molecule has 0 aliphatic heterocycles. The van der Waals surface area contributed by atoms with Gasteiger partial charge in [-0.25, -0.2) is 9.67 Å². The maximum Gasteiger partial charge on any atom is 0.433 e. The number of nitrogens with zero attached hydrogens (tertiary/aromatic N) is 6. The number of anilines is 1. The van der Waals surface area contributed by atoms with E-state index in [0.717, 1.165) is 17.2 Å². The van der Waals surface area contributed by atoms with Gasteiger partial charge in [0.05, 0.1) is 5.69 Å². The molecule has 37 heavy (non-hydrogen) atoms. The molecule has 0 atom stereocenters. The van der Waals surface area contributed by atoms with Crippen molar-refractivity contribution in [3.05, 3.63) is 102 Å². The van der Waals surface area contributed by atoms with E-state index in [4.69, 9.17) is 11.6 Å². The van der Waals surface area contributed by atoms with Gasteiger partial charge in [0.25, 0.3) is 5.91 Å². The van der Waals surface area contributed by atoms with Crippen LogP contribution in [-0.2, 0) is 6.18 Å². The largest absolute Gasteiger partial charge is 0.433 e. The van der Waals surface area contributed by atoms with Gasteiger partial charge in [-0.3, -0.25) is 9.78 Å². The SMILES string of the molecule is O=C(Nc1ccc(-n2nc(-c3cccnc3)cc2C(F)(F)F)nn1)c1cccc(-c2ccc(Cl)nc2)c1. The topological polar surface area (TPSA) is 98.5 Å². The lowest BCUT2D eigenvalue weighted by Gasteiger charge is -2.10. The fourth-order valence-electron chi connectivity index (χ4n) is 3.49. The van der Waals surface area contributed by atoms with Crippen LogP contribution in [-0.4, -0.2) is 35.9 Å². The number of carbonyl (C=O) groups excluding carboxylic acids is 1. The minimum absolute atomic E-state index is 0.0560. The Morgan fingerprint density at radius 3 is 2.41 bits per heavy atom. The van der Waals surface area contributed by atoms with E-state index < -0.39 is 17.8 Å². The molecule has 0 unspecified atom stereocenters. The molecular weight excluding hydrogens is 507 g/mol. The van der Waals surface area contributed by atoms with Crippen molar-refractivity contribution < 1.29 is 18.0 Å². The summed E-state index contributed by atoms with van der Waals surface area (Å²) in [5, 5.41) is 14.7. The van der Waals surface area contributed by atoms with Crippen LogP contribution in [0.3, 0.4) is 0 Å². The third-order valence-corrected chi connectivity index (χ3v) is 5.48. The van der Waals surface area contributed by atoms with Crippen molar-refractivity contribution in [3.8, 4) is 28.2 Å². The first kappa shape index (κ1) is 24.1. The van der Waals surface area contributed by atoms with Crippen molar-refractivity contribution >= 4 is 23.3 Å². The Labute approximate surface area is 212 Å². The summed E-state index contributed by atoms with van der Waals surface area (Å²) in [7, 11) is 0. The molecule has 12 heteroatoms. The molecule has 0 aliphatic carbocycles. The Balaban J connectivity index is 1.38. The maximum atomic E-state index is 13.7. The average Bonchev–Trinajstić information content (AvgIpc) is 3.37. The quantitative estimate of drug-likeness (QED) is 0.297. The van der Waals surface area contributed by atoms with Crippen LogP contribution in [0.4, 0.5) is 19.0 Å². The van der Waals surface area contributed by atoms with Gasteiger partial charge in [0.15, 0.2) is 17.3 Å². The van der Waals surface area contributed by atoms with Gasteiger partial charge in [-0.05, 0) is 60.2 Å². The third-order valence-electron chi connectivity index (χ3n) is 5.25. The van der Waals surface area contributed by atoms with Crippen molar-refractivity contribution in [2.24, 2.45) is 0 Å². The number of pyridine rings is 2. The minimum Gasteiger partial charge on any atom is -0.305 e. The average molecular weight is 522 g/mol. The minimum atomic E-state index is -4.69. The van der Waals surface area contributed by atoms with Gasteiger partial charge in [-0.1, -0.05) is 23.7 Å². The maximum absolute atomic E-state index is 13.7. The van der Waals surface area contributed by atoms with Crippen LogP contribution >= 0.6 is 11.6 Å². The Morgan fingerprint density at radius 1 is 0.892 bits per heavy atom. The molecular formula is C25H15ClF3N7O. The molecule has 1 N–H and O–H groups in total. The molecule has 5 rings (SSSR count). The number of hydrogen-bond acceptors (Lipinski definition) is 6. The fraction of sp³-hybridized carbons (Fsp3) is 0.0400. The van der Waals surface area contributed by atoms with Crippen molar-refractivity contribution in [1.82, 2.24) is 29.9 Å². The number of rotatable bonds is 5. The van der Waals surface area contributed by atoms with Gasteiger partial charge in [0, 0.05) is 35.3 Å². The zero-order chi connectivity index (χ0) is 26.0. The number of aromatic nitrogens is 6. The number of hydrogen-bond donors (Lipinski definition) is 1. The van der Waals surface area contributed by atoms with Crippen LogP contribution in [0.2, 0.25) is 5.15 Å². The highest BCUT2D eigenvalue weighted by Gasteiger charge is 2.37. The zero-order valence-electron chi connectivity index (χ0n) is 18.7. The van der Waals surface area contributed by atoms with Gasteiger partial charge in [-0.2, -0.15) is 18.3 Å². The molecule has 1 amide bonds. The molecule has 184 valence electrons. The molecule has 0 radical (unpaired) electrons. The number of halogens is 4. The highest BCUT2D eigenvalue weighted by molar-refractivity contribution is 6.29. The Hall–Kier alpha value is -4.64. The Bertz CT molecular complexity index is 1550. The van der Waals surface area contributed by atoms with E-state index in [9.17, 15) is 18.0 Å². The summed E-state index contributed by atoms with van der Waals surface area (Å²) in [6.45, 7) is 0. The predicted octanol–water partition coefficient (Wildman–Crippen LogP) is 5.71. The van der Waals surface area contributed by atoms with Gasteiger partial charge in [0.2, 0.25) is 0 Å². The molecule has 0 saturated carbocycles. The van der Waals surface area contributed by atoms with E-state index in [2.05, 4.69) is 30.6 Å². The lowest BCUT2D eigenvalue weighted by atomic mass is 10.0. The number of nitrogens with one attached hydrogen (secondary N) is 1. The van der Waals surface area contributed by atoms with Gasteiger partial charge in [0.1, 0.15) is 5.15 Å². The lowest BCUT2D eigenvalue weighted by molar-refractivity contribution is -0.142. The summed E-state index contributed by atoms with van der Waals surface area (Å²) in [6.07, 6.45) is -0.176. The number of benzene rings is 1. The van der Waals surface area contributed by atoms with Crippen molar-refractivity contribution in [1.29, 1.82) is 0 Å². The predicted molar refractivity (Wildman–Crippen MR) is 130 cm³/mol. The summed E-state index contributed by atoms with van der Waals surface area (Å²) < 4.78 is 41.7. The standard InChI is InChI=1S/C25H15ClF3N7O/c26-21-7-6-17(14-31-21)15-3-1-4-16(11-15)24(37)32-22-8-9-23(34-33-22)36-20(25(27,28)29)12-19(35-36)18-5-2-10-30-13-18/h1-14H,(H,32,33,37). The number of carbonyl (C=O) groups is 1. The second kappa shape index (κ2) is 9.78. The summed E-state index contributed by atoms with van der Waals surface area (Å²) in [5.41, 5.74) is 1.34. The second-order valence-corrected chi connectivity index (χ2v) is 8.13. The highest BCUT2D eigenvalue weighted by Crippen LogP contribution is 2.33. The van der Waals surface area contributed by atoms with Crippen molar-refractivity contribution in [2.75, 3.05) is 5.32 Å². The van der Waals surface area contributed by atoms with Crippen LogP contribution < -0.4 is 5.32 Å². The molecule has 4 heterocycles. The molecule has 1 aromatic carbocycles. The number of amides is 1. The van der Waals surface area contributed by atoms with E-state index in [-0.39, 0.29) is 17.3 Å². The smallest absolute Gasteiger partial charge is 0.305 e. The van der Waals surface area contributed by atoms with Crippen molar-refractivity contribution in [3.63, 3.8) is 0 Å². The van der Waals surface area contributed by atoms with Crippen molar-refractivity contribution in [2.45, 2.75) is 6.18 Å². The van der Waals surface area contributed by atoms with E-state index in [1.165, 1.54) is 24.5 Å². The Morgan fingerprint density at radius 2 is 1.73 bits per heavy atom. The summed E-state index contributed by atoms with van der Waals surface area (Å²) in [6, 6.07) is 17.0. The molecule has 0 saturated heterocycles. The van der Waals surface area contributed by atoms with Crippen LogP contribution in [0.25, 0.3) is 28.2 Å². The van der Waals surface area contributed by atoms with Crippen LogP contribution in [0.1, 0.15) is 16.1 Å². The lowest BCUT2D eigenvalue weighted by Crippen LogP contribution is -2.16. The first-order chi connectivity index (χ1) is 17.8. The highest BCUT2D eigenvalue weighted by atomic mass is 35.5. The summed E-state index contributed by atoms with van der Waals surface area (Å²) in [5.74, 6) is -0.585. The molecule has 8 nitrogen and oxygen atoms in total. The van der Waals surface area contributed by atoms with Crippen LogP contribution in [0.5, 0.6) is 0 Å². The van der Waals surface area contributed by atoms with Gasteiger partial charge in [-0.15, -0.1) is 10.2 Å². The van der Waals surface area contributed by atoms with E-state index in [1.54, 1.807) is 48.7 Å². The third kappa shape index (κ3) is 5.31. The molecule has 0 aliphatic rings. The molecule has 5 aromatic rings. The van der Waals surface area contributed by atoms with Crippen LogP contribution in [0.15, 0.2) is 85.3 Å². The van der Waals surface area contributed by atoms with Crippen LogP contribution in [0, 0.1) is 0 Å². The first-order valence-electron chi connectivity index (χ1n) is 10.7. The zero-order valence-corrected chi connectivity index (χ0v) is 19.4. The molecule has 0 bridgehead atoms. The van der Waals surface area contributed by atoms with Gasteiger partial charge < -0.3 is 5.32 Å².